The van der Waals surface area contributed by atoms with Crippen LogP contribution in [0.4, 0.5) is 0 Å². The number of ether oxygens (including phenoxy) is 3. The Hall–Kier alpha value is -1.14. The number of benzene rings is 1. The Morgan fingerprint density at radius 1 is 1.32 bits per heavy atom. The molecule has 3 atom stereocenters. The van der Waals surface area contributed by atoms with E-state index < -0.39 is 5.79 Å². The fraction of sp³-hybridized carbons (Fsp3) is 0.739. The molecule has 28 heavy (non-hydrogen) atoms. The number of nitrogens with zero attached hydrogens (tertiary/aromatic N) is 1. The number of aliphatic hydroxyl groups excluding tert-OH is 1. The SMILES string of the molecule is CCc1ccccc1OCC(C)(C)C1(C)OCC(CN2CCCC(CO)C2)O1. The number of aryl methyl sites for hydroxylation is 1. The highest BCUT2D eigenvalue weighted by Gasteiger charge is 2.50. The second kappa shape index (κ2) is 9.12. The molecule has 1 N–H and O–H groups in total. The van der Waals surface area contributed by atoms with Crippen LogP contribution in [0.15, 0.2) is 24.3 Å². The molecule has 1 aromatic carbocycles. The van der Waals surface area contributed by atoms with E-state index in [1.165, 1.54) is 5.56 Å². The van der Waals surface area contributed by atoms with Crippen LogP contribution in [0.25, 0.3) is 0 Å². The van der Waals surface area contributed by atoms with E-state index in [9.17, 15) is 5.11 Å². The van der Waals surface area contributed by atoms with E-state index >= 15 is 0 Å². The van der Waals surface area contributed by atoms with Gasteiger partial charge >= 0.3 is 0 Å². The van der Waals surface area contributed by atoms with Crippen molar-refractivity contribution in [2.75, 3.05) is 39.5 Å². The first-order chi connectivity index (χ1) is 13.4. The average molecular weight is 392 g/mol. The molecule has 2 aliphatic rings. The summed E-state index contributed by atoms with van der Waals surface area (Å²) in [6.07, 6.45) is 3.28. The summed E-state index contributed by atoms with van der Waals surface area (Å²) in [4.78, 5) is 2.41. The van der Waals surface area contributed by atoms with Crippen LogP contribution >= 0.6 is 0 Å². The number of aliphatic hydroxyl groups is 1. The number of hydrogen-bond acceptors (Lipinski definition) is 5. The first kappa shape index (κ1) is 21.6. The highest BCUT2D eigenvalue weighted by molar-refractivity contribution is 5.33. The van der Waals surface area contributed by atoms with Gasteiger partial charge in [0.2, 0.25) is 0 Å². The number of likely N-dealkylation sites (tertiary alicyclic amines) is 1. The molecule has 3 unspecified atom stereocenters. The molecule has 2 saturated heterocycles. The zero-order valence-electron chi connectivity index (χ0n) is 17.9. The Morgan fingerprint density at radius 2 is 2.11 bits per heavy atom. The molecule has 0 aromatic heterocycles. The van der Waals surface area contributed by atoms with Crippen LogP contribution in [-0.4, -0.2) is 61.4 Å². The Bertz CT molecular complexity index is 635. The standard InChI is InChI=1S/C23H37NO4/c1-5-19-10-6-7-11-21(19)26-17-22(2,3)23(4)27-16-20(28-23)14-24-12-8-9-18(13-24)15-25/h6-7,10-11,18,20,25H,5,8-9,12-17H2,1-4H3. The summed E-state index contributed by atoms with van der Waals surface area (Å²) >= 11 is 0. The Kier molecular flexibility index (Phi) is 7.02. The number of piperidine rings is 1. The van der Waals surface area contributed by atoms with Crippen molar-refractivity contribution in [3.63, 3.8) is 0 Å². The lowest BCUT2D eigenvalue weighted by molar-refractivity contribution is -0.231. The Balaban J connectivity index is 1.56. The summed E-state index contributed by atoms with van der Waals surface area (Å²) in [5, 5.41) is 9.45. The topological polar surface area (TPSA) is 51.2 Å². The van der Waals surface area contributed by atoms with Crippen molar-refractivity contribution < 1.29 is 19.3 Å². The first-order valence-corrected chi connectivity index (χ1v) is 10.7. The van der Waals surface area contributed by atoms with Gasteiger partial charge < -0.3 is 24.2 Å². The van der Waals surface area contributed by atoms with Crippen molar-refractivity contribution >= 4 is 0 Å². The third-order valence-electron chi connectivity index (χ3n) is 6.43. The lowest BCUT2D eigenvalue weighted by Crippen LogP contribution is -2.48. The molecule has 5 heteroatoms. The normalized spacial score (nSPS) is 29.2. The van der Waals surface area contributed by atoms with Gasteiger partial charge in [-0.25, -0.2) is 0 Å². The molecule has 3 rings (SSSR count). The van der Waals surface area contributed by atoms with Crippen LogP contribution in [0.2, 0.25) is 0 Å². The fourth-order valence-electron chi connectivity index (χ4n) is 4.16. The van der Waals surface area contributed by atoms with Gasteiger partial charge in [-0.1, -0.05) is 39.0 Å². The van der Waals surface area contributed by atoms with Gasteiger partial charge in [-0.2, -0.15) is 0 Å². The molecule has 2 heterocycles. The average Bonchev–Trinajstić information content (AvgIpc) is 3.09. The van der Waals surface area contributed by atoms with Crippen molar-refractivity contribution in [2.24, 2.45) is 11.3 Å². The minimum atomic E-state index is -0.676. The molecule has 0 aliphatic carbocycles. The largest absolute Gasteiger partial charge is 0.493 e. The number of para-hydroxylation sites is 1. The zero-order valence-corrected chi connectivity index (χ0v) is 17.9. The van der Waals surface area contributed by atoms with Gasteiger partial charge in [-0.3, -0.25) is 0 Å². The molecule has 0 saturated carbocycles. The molecule has 5 nitrogen and oxygen atoms in total. The van der Waals surface area contributed by atoms with Gasteiger partial charge in [-0.15, -0.1) is 0 Å². The minimum absolute atomic E-state index is 0.0599. The smallest absolute Gasteiger partial charge is 0.174 e. The molecule has 0 bridgehead atoms. The number of rotatable bonds is 8. The predicted molar refractivity (Wildman–Crippen MR) is 111 cm³/mol. The zero-order chi connectivity index (χ0) is 20.2. The van der Waals surface area contributed by atoms with Crippen LogP contribution in [-0.2, 0) is 15.9 Å². The van der Waals surface area contributed by atoms with Gasteiger partial charge in [0.15, 0.2) is 5.79 Å². The van der Waals surface area contributed by atoms with Crippen LogP contribution in [0, 0.1) is 11.3 Å². The van der Waals surface area contributed by atoms with E-state index in [4.69, 9.17) is 14.2 Å². The molecule has 1 aromatic rings. The third-order valence-corrected chi connectivity index (χ3v) is 6.43. The van der Waals surface area contributed by atoms with Crippen molar-refractivity contribution in [3.8, 4) is 5.75 Å². The molecule has 2 fully saturated rings. The van der Waals surface area contributed by atoms with Crippen molar-refractivity contribution in [1.29, 1.82) is 0 Å². The second-order valence-electron chi connectivity index (χ2n) is 9.08. The summed E-state index contributed by atoms with van der Waals surface area (Å²) < 4.78 is 18.8. The van der Waals surface area contributed by atoms with E-state index in [0.717, 1.165) is 44.6 Å². The maximum absolute atomic E-state index is 9.45. The lowest BCUT2D eigenvalue weighted by atomic mass is 9.85. The van der Waals surface area contributed by atoms with Gasteiger partial charge in [0, 0.05) is 19.7 Å². The van der Waals surface area contributed by atoms with E-state index in [1.807, 2.05) is 25.1 Å². The summed E-state index contributed by atoms with van der Waals surface area (Å²) in [6.45, 7) is 12.8. The van der Waals surface area contributed by atoms with Crippen LogP contribution in [0.3, 0.4) is 0 Å². The molecule has 0 radical (unpaired) electrons. The lowest BCUT2D eigenvalue weighted by Gasteiger charge is -2.40. The fourth-order valence-corrected chi connectivity index (χ4v) is 4.16. The van der Waals surface area contributed by atoms with E-state index in [-0.39, 0.29) is 18.1 Å². The highest BCUT2D eigenvalue weighted by atomic mass is 16.7. The predicted octanol–water partition coefficient (Wildman–Crippen LogP) is 3.49. The van der Waals surface area contributed by atoms with Crippen LogP contribution in [0.1, 0.15) is 46.1 Å². The second-order valence-corrected chi connectivity index (χ2v) is 9.08. The summed E-state index contributed by atoms with van der Waals surface area (Å²) in [5.74, 6) is 0.663. The molecule has 158 valence electrons. The Morgan fingerprint density at radius 3 is 2.86 bits per heavy atom. The van der Waals surface area contributed by atoms with Gasteiger partial charge in [0.25, 0.3) is 0 Å². The number of hydrogen-bond donors (Lipinski definition) is 1. The molecular weight excluding hydrogens is 354 g/mol. The van der Waals surface area contributed by atoms with Crippen molar-refractivity contribution in [3.05, 3.63) is 29.8 Å². The minimum Gasteiger partial charge on any atom is -0.493 e. The van der Waals surface area contributed by atoms with Gasteiger partial charge in [0.05, 0.1) is 24.7 Å². The summed E-state index contributed by atoms with van der Waals surface area (Å²) in [6, 6.07) is 8.21. The molecule has 2 aliphatic heterocycles. The van der Waals surface area contributed by atoms with Gasteiger partial charge in [0.1, 0.15) is 5.75 Å². The van der Waals surface area contributed by atoms with E-state index in [2.05, 4.69) is 31.7 Å². The summed E-state index contributed by atoms with van der Waals surface area (Å²) in [5.41, 5.74) is 0.927. The maximum atomic E-state index is 9.45. The first-order valence-electron chi connectivity index (χ1n) is 10.7. The molecule has 0 spiro atoms. The quantitative estimate of drug-likeness (QED) is 0.735. The van der Waals surface area contributed by atoms with Crippen molar-refractivity contribution in [2.45, 2.75) is 58.8 Å². The summed E-state index contributed by atoms with van der Waals surface area (Å²) in [7, 11) is 0. The third kappa shape index (κ3) is 4.88. The van der Waals surface area contributed by atoms with Crippen LogP contribution in [0.5, 0.6) is 5.75 Å². The van der Waals surface area contributed by atoms with Crippen LogP contribution < -0.4 is 4.74 Å². The van der Waals surface area contributed by atoms with Gasteiger partial charge in [-0.05, 0) is 50.3 Å². The van der Waals surface area contributed by atoms with E-state index in [1.54, 1.807) is 0 Å². The molecule has 0 amide bonds. The maximum Gasteiger partial charge on any atom is 0.174 e. The monoisotopic (exact) mass is 391 g/mol. The Labute approximate surface area is 170 Å². The highest BCUT2D eigenvalue weighted by Crippen LogP contribution is 2.41. The van der Waals surface area contributed by atoms with E-state index in [0.29, 0.717) is 19.1 Å². The van der Waals surface area contributed by atoms with Crippen molar-refractivity contribution in [1.82, 2.24) is 4.90 Å². The molecular formula is C23H37NO4.